The number of sulfonamides is 1. The molecule has 0 atom stereocenters. The van der Waals surface area contributed by atoms with Gasteiger partial charge in [-0.2, -0.15) is 9.40 Å². The van der Waals surface area contributed by atoms with Gasteiger partial charge < -0.3 is 5.32 Å². The van der Waals surface area contributed by atoms with Gasteiger partial charge in [0.1, 0.15) is 0 Å². The van der Waals surface area contributed by atoms with Gasteiger partial charge in [0.05, 0.1) is 22.5 Å². The first-order valence-corrected chi connectivity index (χ1v) is 10.2. The molecule has 0 saturated carbocycles. The molecule has 0 bridgehead atoms. The number of hydrogen-bond acceptors (Lipinski definition) is 4. The number of aryl methyl sites for hydroxylation is 1. The lowest BCUT2D eigenvalue weighted by Crippen LogP contribution is -2.41. The SMILES string of the molecule is Cc1c(NC(=O)C2CCN(S(=O)(=O)c3ccc(Cl)cc3)CC2)cnn1C. The first-order chi connectivity index (χ1) is 12.3. The van der Waals surface area contributed by atoms with Crippen LogP contribution in [0.25, 0.3) is 0 Å². The van der Waals surface area contributed by atoms with E-state index in [2.05, 4.69) is 10.4 Å². The zero-order valence-electron chi connectivity index (χ0n) is 14.6. The highest BCUT2D eigenvalue weighted by molar-refractivity contribution is 7.89. The van der Waals surface area contributed by atoms with Gasteiger partial charge in [-0.05, 0) is 44.0 Å². The highest BCUT2D eigenvalue weighted by Gasteiger charge is 2.32. The van der Waals surface area contributed by atoms with Crippen molar-refractivity contribution in [2.75, 3.05) is 18.4 Å². The maximum atomic E-state index is 12.7. The van der Waals surface area contributed by atoms with Crippen LogP contribution in [-0.4, -0.2) is 41.5 Å². The number of carbonyl (C=O) groups is 1. The van der Waals surface area contributed by atoms with Crippen LogP contribution in [0.2, 0.25) is 5.02 Å². The number of rotatable bonds is 4. The number of halogens is 1. The Morgan fingerprint density at radius 3 is 2.38 bits per heavy atom. The molecule has 0 spiro atoms. The lowest BCUT2D eigenvalue weighted by molar-refractivity contribution is -0.120. The van der Waals surface area contributed by atoms with Gasteiger partial charge >= 0.3 is 0 Å². The minimum absolute atomic E-state index is 0.0929. The molecule has 7 nitrogen and oxygen atoms in total. The fourth-order valence-corrected chi connectivity index (χ4v) is 4.57. The quantitative estimate of drug-likeness (QED) is 0.860. The van der Waals surface area contributed by atoms with Crippen molar-refractivity contribution in [2.24, 2.45) is 13.0 Å². The van der Waals surface area contributed by atoms with Gasteiger partial charge in [-0.15, -0.1) is 0 Å². The van der Waals surface area contributed by atoms with Crippen LogP contribution in [0.15, 0.2) is 35.4 Å². The molecule has 1 aliphatic rings. The second-order valence-electron chi connectivity index (χ2n) is 6.39. The van der Waals surface area contributed by atoms with Gasteiger partial charge in [-0.3, -0.25) is 9.48 Å². The summed E-state index contributed by atoms with van der Waals surface area (Å²) in [4.78, 5) is 12.7. The van der Waals surface area contributed by atoms with E-state index < -0.39 is 10.0 Å². The van der Waals surface area contributed by atoms with Crippen molar-refractivity contribution in [1.82, 2.24) is 14.1 Å². The van der Waals surface area contributed by atoms with Crippen molar-refractivity contribution in [1.29, 1.82) is 0 Å². The van der Waals surface area contributed by atoms with E-state index in [9.17, 15) is 13.2 Å². The Balaban J connectivity index is 1.62. The van der Waals surface area contributed by atoms with Crippen LogP contribution < -0.4 is 5.32 Å². The number of anilines is 1. The molecular formula is C17H21ClN4O3S. The number of amides is 1. The highest BCUT2D eigenvalue weighted by atomic mass is 35.5. The number of nitrogens with zero attached hydrogens (tertiary/aromatic N) is 3. The molecule has 1 aliphatic heterocycles. The third-order valence-electron chi connectivity index (χ3n) is 4.77. The highest BCUT2D eigenvalue weighted by Crippen LogP contribution is 2.26. The van der Waals surface area contributed by atoms with Gasteiger partial charge in [0.15, 0.2) is 0 Å². The van der Waals surface area contributed by atoms with Crippen molar-refractivity contribution >= 4 is 33.2 Å². The Bertz CT molecular complexity index is 901. The Morgan fingerprint density at radius 1 is 1.23 bits per heavy atom. The molecule has 1 saturated heterocycles. The molecule has 0 aliphatic carbocycles. The van der Waals surface area contributed by atoms with Crippen LogP contribution >= 0.6 is 11.6 Å². The Hall–Kier alpha value is -1.90. The average molecular weight is 397 g/mol. The predicted octanol–water partition coefficient (Wildman–Crippen LogP) is 2.42. The van der Waals surface area contributed by atoms with E-state index in [4.69, 9.17) is 11.6 Å². The predicted molar refractivity (Wildman–Crippen MR) is 99.5 cm³/mol. The summed E-state index contributed by atoms with van der Waals surface area (Å²) in [5.41, 5.74) is 1.56. The van der Waals surface area contributed by atoms with Crippen molar-refractivity contribution in [3.8, 4) is 0 Å². The lowest BCUT2D eigenvalue weighted by Gasteiger charge is -2.30. The standard InChI is InChI=1S/C17H21ClN4O3S/c1-12-16(11-19-21(12)2)20-17(23)13-7-9-22(10-8-13)26(24,25)15-5-3-14(18)4-6-15/h3-6,11,13H,7-10H2,1-2H3,(H,20,23). The fourth-order valence-electron chi connectivity index (χ4n) is 2.97. The van der Waals surface area contributed by atoms with E-state index in [1.54, 1.807) is 23.0 Å². The molecule has 1 aromatic heterocycles. The molecule has 140 valence electrons. The number of piperidine rings is 1. The normalized spacial score (nSPS) is 16.6. The van der Waals surface area contributed by atoms with Crippen molar-refractivity contribution < 1.29 is 13.2 Å². The first kappa shape index (κ1) is 18.9. The van der Waals surface area contributed by atoms with Crippen LogP contribution in [0.5, 0.6) is 0 Å². The maximum Gasteiger partial charge on any atom is 0.243 e. The van der Waals surface area contributed by atoms with Crippen LogP contribution in [0.3, 0.4) is 0 Å². The van der Waals surface area contributed by atoms with E-state index in [-0.39, 0.29) is 16.7 Å². The zero-order chi connectivity index (χ0) is 18.9. The van der Waals surface area contributed by atoms with Crippen LogP contribution in [0.4, 0.5) is 5.69 Å². The van der Waals surface area contributed by atoms with Gasteiger partial charge in [-0.1, -0.05) is 11.6 Å². The molecule has 0 unspecified atom stereocenters. The number of benzene rings is 1. The van der Waals surface area contributed by atoms with Gasteiger partial charge in [0, 0.05) is 31.1 Å². The summed E-state index contributed by atoms with van der Waals surface area (Å²) in [5, 5.41) is 7.48. The van der Waals surface area contributed by atoms with Crippen molar-refractivity contribution in [2.45, 2.75) is 24.7 Å². The summed E-state index contributed by atoms with van der Waals surface area (Å²) in [6.07, 6.45) is 2.59. The molecule has 1 N–H and O–H groups in total. The summed E-state index contributed by atoms with van der Waals surface area (Å²) in [5.74, 6) is -0.309. The molecule has 9 heteroatoms. The second-order valence-corrected chi connectivity index (χ2v) is 8.76. The average Bonchev–Trinajstić information content (AvgIpc) is 2.94. The van der Waals surface area contributed by atoms with Crippen LogP contribution in [-0.2, 0) is 21.9 Å². The van der Waals surface area contributed by atoms with E-state index in [1.807, 2.05) is 14.0 Å². The third kappa shape index (κ3) is 3.77. The van der Waals surface area contributed by atoms with Crippen molar-refractivity contribution in [3.05, 3.63) is 41.2 Å². The summed E-state index contributed by atoms with van der Waals surface area (Å²) >= 11 is 5.82. The minimum atomic E-state index is -3.56. The maximum absolute atomic E-state index is 12.7. The van der Waals surface area contributed by atoms with E-state index in [0.717, 1.165) is 5.69 Å². The van der Waals surface area contributed by atoms with Crippen LogP contribution in [0.1, 0.15) is 18.5 Å². The topological polar surface area (TPSA) is 84.3 Å². The van der Waals surface area contributed by atoms with E-state index >= 15 is 0 Å². The first-order valence-electron chi connectivity index (χ1n) is 8.34. The summed E-state index contributed by atoms with van der Waals surface area (Å²) < 4.78 is 28.5. The number of hydrogen-bond donors (Lipinski definition) is 1. The van der Waals surface area contributed by atoms with Gasteiger partial charge in [-0.25, -0.2) is 8.42 Å². The molecule has 1 amide bonds. The largest absolute Gasteiger partial charge is 0.323 e. The van der Waals surface area contributed by atoms with Crippen LogP contribution in [0, 0.1) is 12.8 Å². The molecule has 26 heavy (non-hydrogen) atoms. The lowest BCUT2D eigenvalue weighted by atomic mass is 9.97. The molecular weight excluding hydrogens is 376 g/mol. The molecule has 0 radical (unpaired) electrons. The van der Waals surface area contributed by atoms with E-state index in [1.165, 1.54) is 16.4 Å². The second kappa shape index (κ2) is 7.38. The monoisotopic (exact) mass is 396 g/mol. The fraction of sp³-hybridized carbons (Fsp3) is 0.412. The van der Waals surface area contributed by atoms with Crippen molar-refractivity contribution in [3.63, 3.8) is 0 Å². The smallest absolute Gasteiger partial charge is 0.243 e. The summed E-state index contributed by atoms with van der Waals surface area (Å²) in [6.45, 7) is 2.51. The molecule has 2 heterocycles. The summed E-state index contributed by atoms with van der Waals surface area (Å²) in [7, 11) is -1.75. The Morgan fingerprint density at radius 2 is 1.85 bits per heavy atom. The molecule has 2 aromatic rings. The van der Waals surface area contributed by atoms with E-state index in [0.29, 0.717) is 36.6 Å². The number of nitrogens with one attached hydrogen (secondary N) is 1. The molecule has 3 rings (SSSR count). The van der Waals surface area contributed by atoms with Gasteiger partial charge in [0.2, 0.25) is 15.9 Å². The molecule has 1 aromatic carbocycles. The Labute approximate surface area is 158 Å². The zero-order valence-corrected chi connectivity index (χ0v) is 16.2. The minimum Gasteiger partial charge on any atom is -0.323 e. The van der Waals surface area contributed by atoms with Gasteiger partial charge in [0.25, 0.3) is 0 Å². The number of aromatic nitrogens is 2. The Kier molecular flexibility index (Phi) is 5.36. The summed E-state index contributed by atoms with van der Waals surface area (Å²) in [6, 6.07) is 6.12. The number of carbonyl (C=O) groups excluding carboxylic acids is 1. The third-order valence-corrected chi connectivity index (χ3v) is 6.93. The molecule has 1 fully saturated rings.